The summed E-state index contributed by atoms with van der Waals surface area (Å²) in [7, 11) is 0. The van der Waals surface area contributed by atoms with Crippen LogP contribution in [0.3, 0.4) is 0 Å². The van der Waals surface area contributed by atoms with E-state index in [2.05, 4.69) is 15.9 Å². The Labute approximate surface area is 90.2 Å². The highest BCUT2D eigenvalue weighted by Gasteiger charge is 2.18. The van der Waals surface area contributed by atoms with Crippen LogP contribution in [-0.4, -0.2) is 12.1 Å². The zero-order chi connectivity index (χ0) is 10.8. The van der Waals surface area contributed by atoms with Crippen molar-refractivity contribution < 1.29 is 13.9 Å². The summed E-state index contributed by atoms with van der Waals surface area (Å²) < 4.78 is 18.7. The van der Waals surface area contributed by atoms with E-state index in [0.717, 1.165) is 6.29 Å². The highest BCUT2D eigenvalue weighted by atomic mass is 79.9. The molecule has 0 bridgehead atoms. The Morgan fingerprint density at radius 2 is 2.14 bits per heavy atom. The minimum absolute atomic E-state index is 0.378. The van der Waals surface area contributed by atoms with Gasteiger partial charge in [-0.2, -0.15) is 4.39 Å². The molecule has 0 fully saturated rings. The van der Waals surface area contributed by atoms with Crippen LogP contribution in [0.4, 0.5) is 4.39 Å². The van der Waals surface area contributed by atoms with Crippen molar-refractivity contribution in [3.63, 3.8) is 0 Å². The average Bonchev–Trinajstić information content (AvgIpc) is 2.06. The molecule has 0 spiro atoms. The molecule has 0 unspecified atom stereocenters. The Hall–Kier alpha value is -0.900. The predicted molar refractivity (Wildman–Crippen MR) is 55.3 cm³/mol. The molecular weight excluding hydrogens is 251 g/mol. The molecule has 0 N–H and O–H groups in total. The van der Waals surface area contributed by atoms with Gasteiger partial charge in [-0.25, -0.2) is 0 Å². The Morgan fingerprint density at radius 1 is 1.50 bits per heavy atom. The number of ether oxygens (including phenoxy) is 1. The van der Waals surface area contributed by atoms with Crippen LogP contribution in [0.5, 0.6) is 5.75 Å². The van der Waals surface area contributed by atoms with Gasteiger partial charge in [0.15, 0.2) is 0 Å². The number of benzene rings is 1. The summed E-state index contributed by atoms with van der Waals surface area (Å²) in [5.74, 6) is -1.35. The Bertz CT molecular complexity index is 344. The van der Waals surface area contributed by atoms with Gasteiger partial charge < -0.3 is 4.74 Å². The lowest BCUT2D eigenvalue weighted by Crippen LogP contribution is -2.21. The smallest absolute Gasteiger partial charge is 0.242 e. The fourth-order valence-electron chi connectivity index (χ4n) is 0.935. The maximum atomic E-state index is 13.1. The molecule has 0 aromatic heterocycles. The van der Waals surface area contributed by atoms with Crippen LogP contribution >= 0.6 is 15.9 Å². The van der Waals surface area contributed by atoms with Crippen LogP contribution in [0.15, 0.2) is 22.7 Å². The summed E-state index contributed by atoms with van der Waals surface area (Å²) in [5, 5.41) is 0. The number of rotatable bonds is 3. The monoisotopic (exact) mass is 260 g/mol. The van der Waals surface area contributed by atoms with Gasteiger partial charge in [0.05, 0.1) is 4.47 Å². The van der Waals surface area contributed by atoms with Crippen molar-refractivity contribution >= 4 is 22.2 Å². The molecule has 1 rings (SSSR count). The molecule has 0 saturated heterocycles. The fraction of sp³-hybridized carbons (Fsp3) is 0.300. The molecule has 2 nitrogen and oxygen atoms in total. The van der Waals surface area contributed by atoms with Gasteiger partial charge in [0.25, 0.3) is 0 Å². The van der Waals surface area contributed by atoms with Crippen molar-refractivity contribution in [3.05, 3.63) is 28.2 Å². The third kappa shape index (κ3) is 3.10. The summed E-state index contributed by atoms with van der Waals surface area (Å²) in [6, 6.07) is 4.70. The van der Waals surface area contributed by atoms with Gasteiger partial charge in [0, 0.05) is 19.4 Å². The number of hydrogen-bond acceptors (Lipinski definition) is 2. The predicted octanol–water partition coefficient (Wildman–Crippen LogP) is 3.35. The number of carbonyl (C=O) groups excluding carboxylic acids is 1. The molecular formula is C10H10BrFO2. The van der Waals surface area contributed by atoms with Crippen LogP contribution < -0.4 is 4.74 Å². The van der Waals surface area contributed by atoms with E-state index >= 15 is 0 Å². The van der Waals surface area contributed by atoms with E-state index < -0.39 is 5.85 Å². The van der Waals surface area contributed by atoms with E-state index in [1.165, 1.54) is 13.8 Å². The van der Waals surface area contributed by atoms with Crippen molar-refractivity contribution in [3.8, 4) is 5.75 Å². The van der Waals surface area contributed by atoms with Crippen molar-refractivity contribution in [2.45, 2.75) is 19.7 Å². The van der Waals surface area contributed by atoms with Gasteiger partial charge >= 0.3 is 0 Å². The van der Waals surface area contributed by atoms with Crippen LogP contribution in [-0.2, 0) is 0 Å². The van der Waals surface area contributed by atoms with Gasteiger partial charge in [-0.05, 0) is 34.1 Å². The maximum absolute atomic E-state index is 13.1. The molecule has 14 heavy (non-hydrogen) atoms. The van der Waals surface area contributed by atoms with Gasteiger partial charge in [-0.15, -0.1) is 0 Å². The van der Waals surface area contributed by atoms with Crippen LogP contribution in [0.2, 0.25) is 0 Å². The van der Waals surface area contributed by atoms with Crippen molar-refractivity contribution in [1.29, 1.82) is 0 Å². The first-order chi connectivity index (χ1) is 6.42. The summed E-state index contributed by atoms with van der Waals surface area (Å²) >= 11 is 3.19. The molecule has 1 aromatic carbocycles. The molecule has 0 radical (unpaired) electrons. The summed E-state index contributed by atoms with van der Waals surface area (Å²) in [6.07, 6.45) is 0.717. The van der Waals surface area contributed by atoms with E-state index in [0.29, 0.717) is 15.8 Å². The molecule has 76 valence electrons. The van der Waals surface area contributed by atoms with Gasteiger partial charge in [0.2, 0.25) is 5.85 Å². The largest absolute Gasteiger partial charge is 0.457 e. The molecule has 0 atom stereocenters. The molecule has 0 aliphatic carbocycles. The van der Waals surface area contributed by atoms with E-state index in [1.807, 2.05) is 0 Å². The Kier molecular flexibility index (Phi) is 3.26. The summed E-state index contributed by atoms with van der Waals surface area (Å²) in [5.41, 5.74) is 0.515. The van der Waals surface area contributed by atoms with Crippen molar-refractivity contribution in [1.82, 2.24) is 0 Å². The number of halogens is 2. The fourth-order valence-corrected chi connectivity index (χ4v) is 1.41. The Balaban J connectivity index is 2.95. The third-order valence-corrected chi connectivity index (χ3v) is 2.06. The number of carbonyl (C=O) groups is 1. The zero-order valence-electron chi connectivity index (χ0n) is 7.88. The zero-order valence-corrected chi connectivity index (χ0v) is 9.47. The maximum Gasteiger partial charge on any atom is 0.242 e. The van der Waals surface area contributed by atoms with Crippen molar-refractivity contribution in [2.75, 3.05) is 0 Å². The highest BCUT2D eigenvalue weighted by Crippen LogP contribution is 2.29. The van der Waals surface area contributed by atoms with E-state index in [1.54, 1.807) is 18.2 Å². The molecule has 0 heterocycles. The topological polar surface area (TPSA) is 26.3 Å². The van der Waals surface area contributed by atoms with E-state index in [4.69, 9.17) is 4.74 Å². The van der Waals surface area contributed by atoms with Crippen LogP contribution in [0.25, 0.3) is 0 Å². The second-order valence-electron chi connectivity index (χ2n) is 3.27. The quantitative estimate of drug-likeness (QED) is 0.780. The highest BCUT2D eigenvalue weighted by molar-refractivity contribution is 9.10. The van der Waals surface area contributed by atoms with Crippen LogP contribution in [0, 0.1) is 0 Å². The lowest BCUT2D eigenvalue weighted by Gasteiger charge is -2.18. The average molecular weight is 261 g/mol. The lowest BCUT2D eigenvalue weighted by molar-refractivity contribution is -0.0263. The summed E-state index contributed by atoms with van der Waals surface area (Å²) in [4.78, 5) is 10.4. The third-order valence-electron chi connectivity index (χ3n) is 1.44. The SMILES string of the molecule is CC(C)(F)Oc1ccc(C=O)cc1Br. The first-order valence-electron chi connectivity index (χ1n) is 4.05. The first kappa shape index (κ1) is 11.2. The van der Waals surface area contributed by atoms with Gasteiger partial charge in [0.1, 0.15) is 12.0 Å². The van der Waals surface area contributed by atoms with Crippen LogP contribution in [0.1, 0.15) is 24.2 Å². The van der Waals surface area contributed by atoms with Gasteiger partial charge in [-0.1, -0.05) is 0 Å². The second kappa shape index (κ2) is 4.09. The first-order valence-corrected chi connectivity index (χ1v) is 4.84. The standard InChI is InChI=1S/C10H10BrFO2/c1-10(2,12)14-9-4-3-7(6-13)5-8(9)11/h3-6H,1-2H3. The minimum Gasteiger partial charge on any atom is -0.457 e. The molecule has 0 aliphatic heterocycles. The van der Waals surface area contributed by atoms with E-state index in [9.17, 15) is 9.18 Å². The number of hydrogen-bond donors (Lipinski definition) is 0. The van der Waals surface area contributed by atoms with Crippen molar-refractivity contribution in [2.24, 2.45) is 0 Å². The van der Waals surface area contributed by atoms with E-state index in [-0.39, 0.29) is 0 Å². The second-order valence-corrected chi connectivity index (χ2v) is 4.13. The number of alkyl halides is 1. The molecule has 0 saturated carbocycles. The van der Waals surface area contributed by atoms with Gasteiger partial charge in [-0.3, -0.25) is 4.79 Å². The lowest BCUT2D eigenvalue weighted by atomic mass is 10.2. The Morgan fingerprint density at radius 3 is 2.57 bits per heavy atom. The summed E-state index contributed by atoms with van der Waals surface area (Å²) in [6.45, 7) is 2.63. The normalized spacial score (nSPS) is 11.1. The minimum atomic E-state index is -1.73. The molecule has 0 aliphatic rings. The molecule has 4 heteroatoms. The molecule has 1 aromatic rings. The number of aldehydes is 1. The molecule has 0 amide bonds.